The molecule has 0 spiro atoms. The molecule has 0 saturated carbocycles. The van der Waals surface area contributed by atoms with Crippen LogP contribution in [0.5, 0.6) is 0 Å². The number of nitrogens with zero attached hydrogens (tertiary/aromatic N) is 2. The average Bonchev–Trinajstić information content (AvgIpc) is 2.25. The van der Waals surface area contributed by atoms with Gasteiger partial charge < -0.3 is 0 Å². The third-order valence-corrected chi connectivity index (χ3v) is 1.61. The highest BCUT2D eigenvalue weighted by Crippen LogP contribution is 2.12. The quantitative estimate of drug-likeness (QED) is 0.505. The minimum absolute atomic E-state index is 0.613. The highest BCUT2D eigenvalue weighted by molar-refractivity contribution is 5.35. The predicted octanol–water partition coefficient (Wildman–Crippen LogP) is 4.42. The van der Waals surface area contributed by atoms with Gasteiger partial charge in [-0.25, -0.2) is 0 Å². The van der Waals surface area contributed by atoms with E-state index in [1.54, 1.807) is 6.08 Å². The molecule has 1 aromatic carbocycles. The Morgan fingerprint density at radius 1 is 1.13 bits per heavy atom. The number of benzene rings is 1. The van der Waals surface area contributed by atoms with Gasteiger partial charge in [0.25, 0.3) is 0 Å². The van der Waals surface area contributed by atoms with Gasteiger partial charge in [-0.2, -0.15) is 10.2 Å². The lowest BCUT2D eigenvalue weighted by molar-refractivity contribution is 1.18. The first-order valence-electron chi connectivity index (χ1n) is 4.68. The molecule has 0 saturated heterocycles. The number of rotatable bonds is 4. The van der Waals surface area contributed by atoms with Crippen LogP contribution in [0.1, 0.15) is 6.92 Å². The Morgan fingerprint density at radius 2 is 1.80 bits per heavy atom. The summed E-state index contributed by atoms with van der Waals surface area (Å²) in [5.74, 6) is 0. The van der Waals surface area contributed by atoms with Gasteiger partial charge in [-0.3, -0.25) is 0 Å². The minimum atomic E-state index is 0.613. The molecule has 2 heteroatoms. The lowest BCUT2D eigenvalue weighted by Crippen LogP contribution is -1.68. The Morgan fingerprint density at radius 3 is 2.40 bits per heavy atom. The second-order valence-electron chi connectivity index (χ2n) is 3.21. The van der Waals surface area contributed by atoms with Gasteiger partial charge in [0.05, 0.1) is 11.4 Å². The summed E-state index contributed by atoms with van der Waals surface area (Å²) in [4.78, 5) is 0. The van der Waals surface area contributed by atoms with E-state index in [1.807, 2.05) is 43.3 Å². The van der Waals surface area contributed by atoms with Crippen molar-refractivity contribution < 1.29 is 0 Å². The van der Waals surface area contributed by atoms with E-state index in [0.29, 0.717) is 5.70 Å². The maximum absolute atomic E-state index is 4.03. The van der Waals surface area contributed by atoms with Crippen molar-refractivity contribution in [1.82, 2.24) is 0 Å². The van der Waals surface area contributed by atoms with E-state index in [0.717, 1.165) is 11.3 Å². The molecule has 0 aromatic heterocycles. The number of allylic oxidation sites excluding steroid dienone is 3. The summed E-state index contributed by atoms with van der Waals surface area (Å²) >= 11 is 0. The summed E-state index contributed by atoms with van der Waals surface area (Å²) < 4.78 is 0. The van der Waals surface area contributed by atoms with Crippen LogP contribution < -0.4 is 0 Å². The van der Waals surface area contributed by atoms with E-state index in [9.17, 15) is 0 Å². The first kappa shape index (κ1) is 11.1. The molecule has 0 radical (unpaired) electrons. The molecule has 0 aliphatic rings. The molecule has 0 heterocycles. The molecule has 0 fully saturated rings. The normalized spacial score (nSPS) is 11.0. The van der Waals surface area contributed by atoms with Gasteiger partial charge in [0.2, 0.25) is 0 Å². The SMILES string of the molecule is C=C(C)/C=C\C(=C)N=Nc1ccccc1. The van der Waals surface area contributed by atoms with E-state index >= 15 is 0 Å². The Hall–Kier alpha value is -1.96. The van der Waals surface area contributed by atoms with Crippen molar-refractivity contribution in [3.63, 3.8) is 0 Å². The molecule has 0 amide bonds. The van der Waals surface area contributed by atoms with Gasteiger partial charge in [0.15, 0.2) is 0 Å². The van der Waals surface area contributed by atoms with E-state index in [1.165, 1.54) is 0 Å². The van der Waals surface area contributed by atoms with E-state index in [2.05, 4.69) is 23.4 Å². The fourth-order valence-electron chi connectivity index (χ4n) is 0.888. The standard InChI is InChI=1S/C13H14N2/c1-11(2)9-10-12(3)14-15-13-7-5-4-6-8-13/h4-10H,1,3H2,2H3/b10-9-,15-14?. The molecular weight excluding hydrogens is 184 g/mol. The van der Waals surface area contributed by atoms with Crippen LogP contribution in [0.15, 0.2) is 77.1 Å². The van der Waals surface area contributed by atoms with Crippen LogP contribution >= 0.6 is 0 Å². The van der Waals surface area contributed by atoms with Gasteiger partial charge in [0, 0.05) is 0 Å². The van der Waals surface area contributed by atoms with Crippen molar-refractivity contribution in [3.05, 3.63) is 66.9 Å². The summed E-state index contributed by atoms with van der Waals surface area (Å²) in [6.07, 6.45) is 3.64. The zero-order valence-electron chi connectivity index (χ0n) is 8.85. The predicted molar refractivity (Wildman–Crippen MR) is 64.1 cm³/mol. The number of azo groups is 1. The van der Waals surface area contributed by atoms with Crippen molar-refractivity contribution in [2.24, 2.45) is 10.2 Å². The lowest BCUT2D eigenvalue weighted by Gasteiger charge is -1.91. The average molecular weight is 198 g/mol. The molecule has 0 atom stereocenters. The Balaban J connectivity index is 2.59. The summed E-state index contributed by atoms with van der Waals surface area (Å²) in [5.41, 5.74) is 2.40. The number of hydrogen-bond acceptors (Lipinski definition) is 2. The van der Waals surface area contributed by atoms with Crippen LogP contribution in [0, 0.1) is 0 Å². The van der Waals surface area contributed by atoms with Gasteiger partial charge >= 0.3 is 0 Å². The molecule has 0 aliphatic carbocycles. The molecule has 76 valence electrons. The maximum Gasteiger partial charge on any atom is 0.0857 e. The first-order valence-corrected chi connectivity index (χ1v) is 4.68. The highest BCUT2D eigenvalue weighted by atomic mass is 15.1. The fourth-order valence-corrected chi connectivity index (χ4v) is 0.888. The molecule has 0 unspecified atom stereocenters. The smallest absolute Gasteiger partial charge is 0.0857 e. The summed E-state index contributed by atoms with van der Waals surface area (Å²) in [6.45, 7) is 9.41. The topological polar surface area (TPSA) is 24.7 Å². The van der Waals surface area contributed by atoms with Crippen LogP contribution in [0.4, 0.5) is 5.69 Å². The largest absolute Gasteiger partial charge is 0.151 e. The molecule has 0 aliphatic heterocycles. The minimum Gasteiger partial charge on any atom is -0.151 e. The van der Waals surface area contributed by atoms with Crippen LogP contribution in [0.25, 0.3) is 0 Å². The molecule has 15 heavy (non-hydrogen) atoms. The monoisotopic (exact) mass is 198 g/mol. The Labute approximate surface area is 90.4 Å². The van der Waals surface area contributed by atoms with Crippen LogP contribution in [-0.2, 0) is 0 Å². The van der Waals surface area contributed by atoms with Crippen molar-refractivity contribution in [3.8, 4) is 0 Å². The Bertz CT molecular complexity index is 400. The van der Waals surface area contributed by atoms with E-state index in [4.69, 9.17) is 0 Å². The Kier molecular flexibility index (Phi) is 4.23. The van der Waals surface area contributed by atoms with Crippen LogP contribution in [0.3, 0.4) is 0 Å². The zero-order valence-corrected chi connectivity index (χ0v) is 8.85. The summed E-state index contributed by atoms with van der Waals surface area (Å²) in [6, 6.07) is 9.55. The molecule has 1 aromatic rings. The molecule has 1 rings (SSSR count). The van der Waals surface area contributed by atoms with Crippen LogP contribution in [-0.4, -0.2) is 0 Å². The lowest BCUT2D eigenvalue weighted by atomic mass is 10.3. The second kappa shape index (κ2) is 5.70. The fraction of sp³-hybridized carbons (Fsp3) is 0.0769. The first-order chi connectivity index (χ1) is 7.18. The summed E-state index contributed by atoms with van der Waals surface area (Å²) in [7, 11) is 0. The van der Waals surface area contributed by atoms with Gasteiger partial charge in [-0.1, -0.05) is 43.0 Å². The van der Waals surface area contributed by atoms with Gasteiger partial charge in [0.1, 0.15) is 0 Å². The molecule has 0 N–H and O–H groups in total. The second-order valence-corrected chi connectivity index (χ2v) is 3.21. The maximum atomic E-state index is 4.03. The van der Waals surface area contributed by atoms with Gasteiger partial charge in [-0.15, -0.1) is 0 Å². The number of hydrogen-bond donors (Lipinski definition) is 0. The highest BCUT2D eigenvalue weighted by Gasteiger charge is 1.86. The molecule has 2 nitrogen and oxygen atoms in total. The van der Waals surface area contributed by atoms with Crippen molar-refractivity contribution in [1.29, 1.82) is 0 Å². The van der Waals surface area contributed by atoms with E-state index in [-0.39, 0.29) is 0 Å². The van der Waals surface area contributed by atoms with Crippen molar-refractivity contribution in [2.45, 2.75) is 6.92 Å². The van der Waals surface area contributed by atoms with Crippen LogP contribution in [0.2, 0.25) is 0 Å². The van der Waals surface area contributed by atoms with Gasteiger partial charge in [-0.05, 0) is 25.1 Å². The molecular formula is C13H14N2. The third-order valence-electron chi connectivity index (χ3n) is 1.61. The third kappa shape index (κ3) is 4.72. The molecule has 0 bridgehead atoms. The van der Waals surface area contributed by atoms with Crippen molar-refractivity contribution in [2.75, 3.05) is 0 Å². The van der Waals surface area contributed by atoms with E-state index < -0.39 is 0 Å². The zero-order chi connectivity index (χ0) is 11.1. The van der Waals surface area contributed by atoms with Crippen molar-refractivity contribution >= 4 is 5.69 Å². The summed E-state index contributed by atoms with van der Waals surface area (Å²) in [5, 5.41) is 8.00.